The lowest BCUT2D eigenvalue weighted by molar-refractivity contribution is -0.126. The van der Waals surface area contributed by atoms with Gasteiger partial charge in [0.05, 0.1) is 5.66 Å². The van der Waals surface area contributed by atoms with Gasteiger partial charge in [0.1, 0.15) is 0 Å². The number of amides is 1. The monoisotopic (exact) mass is 196 g/mol. The van der Waals surface area contributed by atoms with E-state index in [1.807, 2.05) is 18.9 Å². The van der Waals surface area contributed by atoms with Crippen LogP contribution in [0.3, 0.4) is 0 Å². The molecule has 0 spiro atoms. The van der Waals surface area contributed by atoms with Gasteiger partial charge in [0.2, 0.25) is 6.41 Å². The number of carbonyl (C=O) groups is 1. The first-order valence-corrected chi connectivity index (χ1v) is 5.62. The maximum Gasteiger partial charge on any atom is 0.211 e. The van der Waals surface area contributed by atoms with Gasteiger partial charge < -0.3 is 4.90 Å². The van der Waals surface area contributed by atoms with Crippen LogP contribution in [0.2, 0.25) is 0 Å². The van der Waals surface area contributed by atoms with Gasteiger partial charge in [0.25, 0.3) is 0 Å². The van der Waals surface area contributed by atoms with Crippen molar-refractivity contribution in [2.45, 2.75) is 32.4 Å². The molecule has 14 heavy (non-hydrogen) atoms. The minimum absolute atomic E-state index is 0.0272. The summed E-state index contributed by atoms with van der Waals surface area (Å²) in [4.78, 5) is 13.0. The molecule has 0 radical (unpaired) electrons. The molecule has 1 amide bonds. The number of fused-ring (bicyclic) bond motifs is 1. The molecular formula is C11H20N2O. The molecule has 0 aliphatic heterocycles. The fourth-order valence-electron chi connectivity index (χ4n) is 3.55. The van der Waals surface area contributed by atoms with Crippen LogP contribution in [0.15, 0.2) is 0 Å². The quantitative estimate of drug-likeness (QED) is 0.538. The van der Waals surface area contributed by atoms with Crippen molar-refractivity contribution in [2.75, 3.05) is 13.6 Å². The van der Waals surface area contributed by atoms with Crippen molar-refractivity contribution in [3.05, 3.63) is 0 Å². The third kappa shape index (κ3) is 1.05. The Morgan fingerprint density at radius 3 is 2.71 bits per heavy atom. The molecule has 0 bridgehead atoms. The van der Waals surface area contributed by atoms with Crippen LogP contribution in [0, 0.1) is 17.8 Å². The van der Waals surface area contributed by atoms with Crippen molar-refractivity contribution >= 4 is 6.41 Å². The average Bonchev–Trinajstić information content (AvgIpc) is 2.70. The number of nitrogens with one attached hydrogen (secondary N) is 1. The van der Waals surface area contributed by atoms with Crippen molar-refractivity contribution in [1.82, 2.24) is 10.2 Å². The van der Waals surface area contributed by atoms with E-state index >= 15 is 0 Å². The van der Waals surface area contributed by atoms with Gasteiger partial charge in [0, 0.05) is 12.5 Å². The smallest absolute Gasteiger partial charge is 0.211 e. The van der Waals surface area contributed by atoms with Crippen LogP contribution in [0.5, 0.6) is 0 Å². The second-order valence-corrected chi connectivity index (χ2v) is 4.65. The first-order valence-electron chi connectivity index (χ1n) is 5.62. The molecule has 4 atom stereocenters. The van der Waals surface area contributed by atoms with Crippen LogP contribution in [0.1, 0.15) is 26.7 Å². The number of hydrogen-bond donors (Lipinski definition) is 1. The third-order valence-electron chi connectivity index (χ3n) is 4.39. The predicted octanol–water partition coefficient (Wildman–Crippen LogP) is 1.06. The Balaban J connectivity index is 2.21. The van der Waals surface area contributed by atoms with Crippen molar-refractivity contribution in [1.29, 1.82) is 0 Å². The molecule has 3 heteroatoms. The van der Waals surface area contributed by atoms with Gasteiger partial charge in [-0.2, -0.15) is 0 Å². The molecule has 1 N–H and O–H groups in total. The summed E-state index contributed by atoms with van der Waals surface area (Å²) < 4.78 is 0. The highest BCUT2D eigenvalue weighted by molar-refractivity contribution is 5.50. The Kier molecular flexibility index (Phi) is 2.30. The summed E-state index contributed by atoms with van der Waals surface area (Å²) in [6.07, 6.45) is 3.40. The molecule has 0 aromatic carbocycles. The fraction of sp³-hybridized carbons (Fsp3) is 0.909. The van der Waals surface area contributed by atoms with Crippen LogP contribution in [0.25, 0.3) is 0 Å². The second-order valence-electron chi connectivity index (χ2n) is 4.65. The lowest BCUT2D eigenvalue weighted by Crippen LogP contribution is -2.58. The van der Waals surface area contributed by atoms with E-state index in [9.17, 15) is 4.79 Å². The first kappa shape index (κ1) is 9.97. The normalized spacial score (nSPS) is 44.6. The fourth-order valence-corrected chi connectivity index (χ4v) is 3.55. The molecule has 0 aromatic rings. The number of hydrogen-bond acceptors (Lipinski definition) is 2. The summed E-state index contributed by atoms with van der Waals surface area (Å²) in [5.74, 6) is 2.35. The van der Waals surface area contributed by atoms with Crippen molar-refractivity contribution in [2.24, 2.45) is 17.8 Å². The second kappa shape index (κ2) is 3.23. The molecule has 2 fully saturated rings. The Morgan fingerprint density at radius 2 is 2.36 bits per heavy atom. The molecular weight excluding hydrogens is 176 g/mol. The summed E-state index contributed by atoms with van der Waals surface area (Å²) in [6, 6.07) is 0. The Labute approximate surface area is 85.8 Å². The molecule has 3 unspecified atom stereocenters. The molecule has 2 saturated carbocycles. The molecule has 0 saturated heterocycles. The molecule has 80 valence electrons. The average molecular weight is 196 g/mol. The van der Waals surface area contributed by atoms with E-state index in [0.717, 1.165) is 31.2 Å². The van der Waals surface area contributed by atoms with Crippen molar-refractivity contribution in [3.63, 3.8) is 0 Å². The van der Waals surface area contributed by atoms with E-state index in [0.29, 0.717) is 5.92 Å². The van der Waals surface area contributed by atoms with Gasteiger partial charge in [-0.25, -0.2) is 0 Å². The Bertz CT molecular complexity index is 243. The molecule has 3 nitrogen and oxygen atoms in total. The van der Waals surface area contributed by atoms with Gasteiger partial charge >= 0.3 is 0 Å². The van der Waals surface area contributed by atoms with Crippen molar-refractivity contribution < 1.29 is 4.79 Å². The lowest BCUT2D eigenvalue weighted by Gasteiger charge is -2.40. The lowest BCUT2D eigenvalue weighted by atomic mass is 9.99. The topological polar surface area (TPSA) is 32.3 Å². The number of carbonyl (C=O) groups excluding carboxylic acids is 1. The minimum atomic E-state index is -0.0272. The van der Waals surface area contributed by atoms with E-state index < -0.39 is 0 Å². The zero-order valence-electron chi connectivity index (χ0n) is 9.29. The van der Waals surface area contributed by atoms with E-state index in [-0.39, 0.29) is 5.66 Å². The summed E-state index contributed by atoms with van der Waals surface area (Å²) >= 11 is 0. The molecule has 2 rings (SSSR count). The van der Waals surface area contributed by atoms with Crippen LogP contribution in [-0.2, 0) is 4.79 Å². The highest BCUT2D eigenvalue weighted by Gasteiger charge is 2.64. The largest absolute Gasteiger partial charge is 0.327 e. The molecule has 2 aliphatic rings. The summed E-state index contributed by atoms with van der Waals surface area (Å²) in [6.45, 7) is 5.16. The maximum atomic E-state index is 11.0. The van der Waals surface area contributed by atoms with Gasteiger partial charge in [0.15, 0.2) is 0 Å². The Morgan fingerprint density at radius 1 is 1.64 bits per heavy atom. The van der Waals surface area contributed by atoms with E-state index in [1.54, 1.807) is 0 Å². The first-order chi connectivity index (χ1) is 6.71. The zero-order valence-corrected chi connectivity index (χ0v) is 9.29. The zero-order chi connectivity index (χ0) is 10.3. The third-order valence-corrected chi connectivity index (χ3v) is 4.39. The van der Waals surface area contributed by atoms with E-state index in [1.165, 1.54) is 6.42 Å². The predicted molar refractivity (Wildman–Crippen MR) is 55.6 cm³/mol. The van der Waals surface area contributed by atoms with Gasteiger partial charge in [-0.1, -0.05) is 6.92 Å². The van der Waals surface area contributed by atoms with Gasteiger partial charge in [-0.15, -0.1) is 0 Å². The molecule has 0 aromatic heterocycles. The summed E-state index contributed by atoms with van der Waals surface area (Å²) in [5.41, 5.74) is -0.0272. The van der Waals surface area contributed by atoms with Crippen LogP contribution < -0.4 is 5.32 Å². The molecule has 2 aliphatic carbocycles. The highest BCUT2D eigenvalue weighted by atomic mass is 16.1. The Hall–Kier alpha value is -0.570. The standard InChI is InChI=1S/C11H20N2O/c1-4-13(7-14)11(12-3)6-5-9-8(2)10(9)11/h7-10,12H,4-6H2,1-3H3/t8?,9?,10?,11-/m0/s1. The number of nitrogens with zero attached hydrogens (tertiary/aromatic N) is 1. The molecule has 0 heterocycles. The van der Waals surface area contributed by atoms with E-state index in [2.05, 4.69) is 12.2 Å². The highest BCUT2D eigenvalue weighted by Crippen LogP contribution is 2.62. The SMILES string of the molecule is CCN(C=O)[C@@]1(NC)CCC2C(C)C21. The van der Waals surface area contributed by atoms with Crippen LogP contribution in [0.4, 0.5) is 0 Å². The van der Waals surface area contributed by atoms with Crippen LogP contribution in [-0.4, -0.2) is 30.6 Å². The van der Waals surface area contributed by atoms with Gasteiger partial charge in [-0.3, -0.25) is 10.1 Å². The summed E-state index contributed by atoms with van der Waals surface area (Å²) in [5, 5.41) is 3.40. The van der Waals surface area contributed by atoms with Crippen LogP contribution >= 0.6 is 0 Å². The minimum Gasteiger partial charge on any atom is -0.327 e. The van der Waals surface area contributed by atoms with E-state index in [4.69, 9.17) is 0 Å². The van der Waals surface area contributed by atoms with Gasteiger partial charge in [-0.05, 0) is 38.6 Å². The number of rotatable bonds is 4. The maximum absolute atomic E-state index is 11.0. The summed E-state index contributed by atoms with van der Waals surface area (Å²) in [7, 11) is 1.99. The van der Waals surface area contributed by atoms with Crippen molar-refractivity contribution in [3.8, 4) is 0 Å².